The summed E-state index contributed by atoms with van der Waals surface area (Å²) in [5.74, 6) is 0.555. The average Bonchev–Trinajstić information content (AvgIpc) is 2.66. The Balaban J connectivity index is 1.95. The van der Waals surface area contributed by atoms with Gasteiger partial charge in [0.1, 0.15) is 0 Å². The van der Waals surface area contributed by atoms with Gasteiger partial charge in [0.2, 0.25) is 5.91 Å². The van der Waals surface area contributed by atoms with Gasteiger partial charge in [-0.3, -0.25) is 9.48 Å². The van der Waals surface area contributed by atoms with Crippen molar-refractivity contribution in [3.8, 4) is 0 Å². The summed E-state index contributed by atoms with van der Waals surface area (Å²) < 4.78 is 1.64. The number of hydrogen-bond acceptors (Lipinski definition) is 3. The molecule has 0 aromatic carbocycles. The molecule has 5 nitrogen and oxygen atoms in total. The molecular formula is C8H12N4O. The Morgan fingerprint density at radius 3 is 3.00 bits per heavy atom. The van der Waals surface area contributed by atoms with Crippen molar-refractivity contribution in [1.82, 2.24) is 9.78 Å². The van der Waals surface area contributed by atoms with Crippen molar-refractivity contribution in [2.24, 2.45) is 18.7 Å². The molecule has 3 N–H and O–H groups in total. The maximum atomic E-state index is 11.4. The second-order valence-corrected chi connectivity index (χ2v) is 3.37. The minimum absolute atomic E-state index is 0.0120. The largest absolute Gasteiger partial charge is 0.327 e. The standard InChI is InChI=1S/C8H12N4O/c1-12-3-2-7(11-12)10-8(13)5-4-6(5)9/h2-3,5-6H,4,9H2,1H3,(H,10,11,13). The molecule has 1 amide bonds. The van der Waals surface area contributed by atoms with Crippen molar-refractivity contribution in [3.05, 3.63) is 12.3 Å². The number of nitrogens with zero attached hydrogens (tertiary/aromatic N) is 2. The minimum atomic E-state index is -0.0220. The number of aromatic nitrogens is 2. The van der Waals surface area contributed by atoms with Crippen molar-refractivity contribution in [1.29, 1.82) is 0 Å². The molecule has 1 fully saturated rings. The maximum Gasteiger partial charge on any atom is 0.230 e. The predicted molar refractivity (Wildman–Crippen MR) is 47.9 cm³/mol. The van der Waals surface area contributed by atoms with Crippen molar-refractivity contribution < 1.29 is 4.79 Å². The Labute approximate surface area is 75.9 Å². The Bertz CT molecular complexity index is 333. The molecule has 0 radical (unpaired) electrons. The van der Waals surface area contributed by atoms with E-state index in [9.17, 15) is 4.79 Å². The summed E-state index contributed by atoms with van der Waals surface area (Å²) in [7, 11) is 1.80. The predicted octanol–water partition coefficient (Wildman–Crippen LogP) is -0.294. The molecule has 70 valence electrons. The Morgan fingerprint density at radius 2 is 2.54 bits per heavy atom. The minimum Gasteiger partial charge on any atom is -0.327 e. The van der Waals surface area contributed by atoms with Gasteiger partial charge in [0.15, 0.2) is 5.82 Å². The van der Waals surface area contributed by atoms with Crippen LogP contribution >= 0.6 is 0 Å². The van der Waals surface area contributed by atoms with Crippen LogP contribution in [0.2, 0.25) is 0 Å². The molecule has 1 saturated carbocycles. The monoisotopic (exact) mass is 180 g/mol. The Kier molecular flexibility index (Phi) is 1.81. The molecule has 1 aromatic rings. The number of anilines is 1. The fraction of sp³-hybridized carbons (Fsp3) is 0.500. The van der Waals surface area contributed by atoms with E-state index in [1.165, 1.54) is 0 Å². The molecule has 2 atom stereocenters. The van der Waals surface area contributed by atoms with E-state index in [1.54, 1.807) is 24.0 Å². The quantitative estimate of drug-likeness (QED) is 0.656. The zero-order chi connectivity index (χ0) is 9.42. The van der Waals surface area contributed by atoms with Gasteiger partial charge >= 0.3 is 0 Å². The van der Waals surface area contributed by atoms with Crippen LogP contribution in [0, 0.1) is 5.92 Å². The number of nitrogens with one attached hydrogen (secondary N) is 1. The topological polar surface area (TPSA) is 72.9 Å². The number of amides is 1. The molecule has 2 rings (SSSR count). The third kappa shape index (κ3) is 1.70. The Morgan fingerprint density at radius 1 is 1.85 bits per heavy atom. The van der Waals surface area contributed by atoms with Crippen LogP contribution in [0.3, 0.4) is 0 Å². The van der Waals surface area contributed by atoms with Crippen LogP contribution in [0.15, 0.2) is 12.3 Å². The van der Waals surface area contributed by atoms with E-state index in [2.05, 4.69) is 10.4 Å². The first-order valence-electron chi connectivity index (χ1n) is 4.23. The zero-order valence-electron chi connectivity index (χ0n) is 7.40. The van der Waals surface area contributed by atoms with E-state index in [1.807, 2.05) is 0 Å². The number of rotatable bonds is 2. The van der Waals surface area contributed by atoms with E-state index >= 15 is 0 Å². The van der Waals surface area contributed by atoms with Gasteiger partial charge in [-0.15, -0.1) is 0 Å². The van der Waals surface area contributed by atoms with Gasteiger partial charge in [-0.1, -0.05) is 0 Å². The van der Waals surface area contributed by atoms with Gasteiger partial charge in [0.05, 0.1) is 5.92 Å². The molecule has 0 aliphatic heterocycles. The van der Waals surface area contributed by atoms with Gasteiger partial charge in [-0.2, -0.15) is 5.10 Å². The van der Waals surface area contributed by atoms with Crippen molar-refractivity contribution in [2.45, 2.75) is 12.5 Å². The third-order valence-corrected chi connectivity index (χ3v) is 2.14. The van der Waals surface area contributed by atoms with Crippen LogP contribution in [0.25, 0.3) is 0 Å². The van der Waals surface area contributed by atoms with Gasteiger partial charge < -0.3 is 11.1 Å². The fourth-order valence-corrected chi connectivity index (χ4v) is 1.22. The first kappa shape index (κ1) is 8.25. The van der Waals surface area contributed by atoms with Crippen molar-refractivity contribution in [3.63, 3.8) is 0 Å². The summed E-state index contributed by atoms with van der Waals surface area (Å²) in [5, 5.41) is 6.73. The molecule has 1 aliphatic carbocycles. The van der Waals surface area contributed by atoms with E-state index < -0.39 is 0 Å². The summed E-state index contributed by atoms with van der Waals surface area (Å²) >= 11 is 0. The maximum absolute atomic E-state index is 11.4. The van der Waals surface area contributed by atoms with Crippen LogP contribution in [-0.4, -0.2) is 21.7 Å². The fourth-order valence-electron chi connectivity index (χ4n) is 1.22. The molecular weight excluding hydrogens is 168 g/mol. The number of carbonyl (C=O) groups excluding carboxylic acids is 1. The van der Waals surface area contributed by atoms with Crippen molar-refractivity contribution in [2.75, 3.05) is 5.32 Å². The second-order valence-electron chi connectivity index (χ2n) is 3.37. The van der Waals surface area contributed by atoms with Gasteiger partial charge in [-0.25, -0.2) is 0 Å². The lowest BCUT2D eigenvalue weighted by atomic mass is 10.4. The first-order valence-corrected chi connectivity index (χ1v) is 4.23. The lowest BCUT2D eigenvalue weighted by molar-refractivity contribution is -0.117. The van der Waals surface area contributed by atoms with E-state index in [0.29, 0.717) is 5.82 Å². The number of carbonyl (C=O) groups is 1. The van der Waals surface area contributed by atoms with E-state index in [0.717, 1.165) is 6.42 Å². The highest BCUT2D eigenvalue weighted by molar-refractivity contribution is 5.94. The molecule has 1 aliphatic rings. The van der Waals surface area contributed by atoms with Gasteiger partial charge in [-0.05, 0) is 6.42 Å². The molecule has 0 spiro atoms. The highest BCUT2D eigenvalue weighted by Crippen LogP contribution is 2.28. The second kappa shape index (κ2) is 2.85. The van der Waals surface area contributed by atoms with Crippen LogP contribution in [0.5, 0.6) is 0 Å². The third-order valence-electron chi connectivity index (χ3n) is 2.14. The molecule has 1 aromatic heterocycles. The summed E-state index contributed by atoms with van der Waals surface area (Å²) in [5.41, 5.74) is 5.54. The van der Waals surface area contributed by atoms with Crippen LogP contribution in [0.1, 0.15) is 6.42 Å². The van der Waals surface area contributed by atoms with Crippen LogP contribution in [-0.2, 0) is 11.8 Å². The highest BCUT2D eigenvalue weighted by atomic mass is 16.2. The van der Waals surface area contributed by atoms with Gasteiger partial charge in [0.25, 0.3) is 0 Å². The number of hydrogen-bond donors (Lipinski definition) is 2. The smallest absolute Gasteiger partial charge is 0.230 e. The molecule has 0 bridgehead atoms. The summed E-state index contributed by atoms with van der Waals surface area (Å²) in [6, 6.07) is 1.80. The SMILES string of the molecule is Cn1ccc(NC(=O)C2CC2N)n1. The zero-order valence-corrected chi connectivity index (χ0v) is 7.40. The molecule has 5 heteroatoms. The lowest BCUT2D eigenvalue weighted by Gasteiger charge is -1.98. The van der Waals surface area contributed by atoms with Crippen molar-refractivity contribution >= 4 is 11.7 Å². The normalized spacial score (nSPS) is 25.7. The Hall–Kier alpha value is -1.36. The van der Waals surface area contributed by atoms with Crippen LogP contribution in [0.4, 0.5) is 5.82 Å². The first-order chi connectivity index (χ1) is 6.16. The van der Waals surface area contributed by atoms with E-state index in [-0.39, 0.29) is 17.9 Å². The van der Waals surface area contributed by atoms with E-state index in [4.69, 9.17) is 5.73 Å². The molecule has 0 saturated heterocycles. The van der Waals surface area contributed by atoms with Crippen LogP contribution < -0.4 is 11.1 Å². The summed E-state index contributed by atoms with van der Waals surface area (Å²) in [4.78, 5) is 11.4. The lowest BCUT2D eigenvalue weighted by Crippen LogP contribution is -2.18. The summed E-state index contributed by atoms with van der Waals surface area (Å²) in [6.07, 6.45) is 2.57. The average molecular weight is 180 g/mol. The molecule has 1 heterocycles. The number of aryl methyl sites for hydroxylation is 1. The highest BCUT2D eigenvalue weighted by Gasteiger charge is 2.40. The summed E-state index contributed by atoms with van der Waals surface area (Å²) in [6.45, 7) is 0. The van der Waals surface area contributed by atoms with Gasteiger partial charge in [0, 0.05) is 25.4 Å². The molecule has 13 heavy (non-hydrogen) atoms. The number of nitrogens with two attached hydrogens (primary N) is 1. The molecule has 2 unspecified atom stereocenters.